The molecule has 0 amide bonds. The van der Waals surface area contributed by atoms with Crippen molar-refractivity contribution in [2.24, 2.45) is 5.92 Å². The van der Waals surface area contributed by atoms with Crippen molar-refractivity contribution in [2.75, 3.05) is 6.54 Å². The Morgan fingerprint density at radius 1 is 1.60 bits per heavy atom. The second kappa shape index (κ2) is 4.03. The monoisotopic (exact) mass is 204 g/mol. The molecule has 1 aromatic rings. The Morgan fingerprint density at radius 3 is 3.07 bits per heavy atom. The molecule has 0 bridgehead atoms. The maximum absolute atomic E-state index is 8.99. The van der Waals surface area contributed by atoms with Gasteiger partial charge >= 0.3 is 0 Å². The fraction of sp³-hybridized carbons (Fsp3) is 0.636. The van der Waals surface area contributed by atoms with Gasteiger partial charge in [-0.25, -0.2) is 0 Å². The number of nitriles is 1. The number of rotatable bonds is 2. The van der Waals surface area contributed by atoms with Gasteiger partial charge in [-0.05, 0) is 18.9 Å². The lowest BCUT2D eigenvalue weighted by molar-refractivity contribution is 0.455. The maximum atomic E-state index is 8.99. The molecule has 1 N–H and O–H groups in total. The number of aromatic nitrogens is 2. The van der Waals surface area contributed by atoms with Crippen LogP contribution in [-0.2, 0) is 19.5 Å². The average Bonchev–Trinajstić information content (AvgIpc) is 2.56. The minimum atomic E-state index is 0.558. The summed E-state index contributed by atoms with van der Waals surface area (Å²) < 4.78 is 1.99. The van der Waals surface area contributed by atoms with Crippen LogP contribution in [0.15, 0.2) is 0 Å². The van der Waals surface area contributed by atoms with Crippen molar-refractivity contribution in [3.63, 3.8) is 0 Å². The molecule has 4 nitrogen and oxygen atoms in total. The van der Waals surface area contributed by atoms with E-state index < -0.39 is 0 Å². The third kappa shape index (κ3) is 1.88. The SMILES string of the molecule is CC(C)Cn1nc(C#N)c2c1CNCC2. The summed E-state index contributed by atoms with van der Waals surface area (Å²) in [5, 5.41) is 16.7. The van der Waals surface area contributed by atoms with E-state index in [2.05, 4.69) is 30.3 Å². The van der Waals surface area contributed by atoms with Gasteiger partial charge in [-0.3, -0.25) is 4.68 Å². The first-order valence-corrected chi connectivity index (χ1v) is 5.41. The van der Waals surface area contributed by atoms with Crippen LogP contribution in [0.2, 0.25) is 0 Å². The molecule has 1 aliphatic rings. The van der Waals surface area contributed by atoms with Gasteiger partial charge in [0.15, 0.2) is 5.69 Å². The molecule has 0 radical (unpaired) electrons. The quantitative estimate of drug-likeness (QED) is 0.783. The largest absolute Gasteiger partial charge is 0.311 e. The van der Waals surface area contributed by atoms with Gasteiger partial charge in [0, 0.05) is 18.7 Å². The Hall–Kier alpha value is -1.34. The lowest BCUT2D eigenvalue weighted by atomic mass is 10.1. The normalized spacial score (nSPS) is 15.1. The number of fused-ring (bicyclic) bond motifs is 1. The average molecular weight is 204 g/mol. The van der Waals surface area contributed by atoms with Gasteiger partial charge in [0.2, 0.25) is 0 Å². The van der Waals surface area contributed by atoms with E-state index in [0.29, 0.717) is 11.6 Å². The maximum Gasteiger partial charge on any atom is 0.166 e. The van der Waals surface area contributed by atoms with Crippen molar-refractivity contribution in [1.29, 1.82) is 5.26 Å². The van der Waals surface area contributed by atoms with Gasteiger partial charge in [0.25, 0.3) is 0 Å². The highest BCUT2D eigenvalue weighted by molar-refractivity contribution is 5.36. The van der Waals surface area contributed by atoms with Crippen LogP contribution in [-0.4, -0.2) is 16.3 Å². The Morgan fingerprint density at radius 2 is 2.40 bits per heavy atom. The highest BCUT2D eigenvalue weighted by Crippen LogP contribution is 2.18. The molecule has 1 aromatic heterocycles. The zero-order chi connectivity index (χ0) is 10.8. The van der Waals surface area contributed by atoms with Crippen LogP contribution in [0.4, 0.5) is 0 Å². The lowest BCUT2D eigenvalue weighted by Gasteiger charge is -2.16. The smallest absolute Gasteiger partial charge is 0.166 e. The van der Waals surface area contributed by atoms with Crippen LogP contribution >= 0.6 is 0 Å². The minimum Gasteiger partial charge on any atom is -0.311 e. The van der Waals surface area contributed by atoms with E-state index in [-0.39, 0.29) is 0 Å². The Kier molecular flexibility index (Phi) is 2.74. The number of nitrogens with one attached hydrogen (secondary N) is 1. The molecule has 0 unspecified atom stereocenters. The van der Waals surface area contributed by atoms with Gasteiger partial charge in [-0.15, -0.1) is 0 Å². The molecule has 2 rings (SSSR count). The van der Waals surface area contributed by atoms with E-state index in [1.807, 2.05) is 4.68 Å². The minimum absolute atomic E-state index is 0.558. The van der Waals surface area contributed by atoms with Gasteiger partial charge in [-0.1, -0.05) is 13.8 Å². The predicted molar refractivity (Wildman–Crippen MR) is 57.2 cm³/mol. The van der Waals surface area contributed by atoms with Crippen LogP contribution in [0.5, 0.6) is 0 Å². The molecule has 2 heterocycles. The van der Waals surface area contributed by atoms with Crippen molar-refractivity contribution in [1.82, 2.24) is 15.1 Å². The molecule has 0 aliphatic carbocycles. The van der Waals surface area contributed by atoms with E-state index in [4.69, 9.17) is 5.26 Å². The van der Waals surface area contributed by atoms with Crippen molar-refractivity contribution in [3.05, 3.63) is 17.0 Å². The van der Waals surface area contributed by atoms with Crippen molar-refractivity contribution in [3.8, 4) is 6.07 Å². The number of hydrogen-bond donors (Lipinski definition) is 1. The first-order valence-electron chi connectivity index (χ1n) is 5.41. The van der Waals surface area contributed by atoms with Crippen LogP contribution in [0.3, 0.4) is 0 Å². The Bertz CT molecular complexity index is 397. The summed E-state index contributed by atoms with van der Waals surface area (Å²) in [6, 6.07) is 2.19. The molecular formula is C11H16N4. The molecular weight excluding hydrogens is 188 g/mol. The zero-order valence-corrected chi connectivity index (χ0v) is 9.25. The molecule has 80 valence electrons. The van der Waals surface area contributed by atoms with Crippen LogP contribution < -0.4 is 5.32 Å². The lowest BCUT2D eigenvalue weighted by Crippen LogP contribution is -2.26. The molecule has 0 saturated carbocycles. The van der Waals surface area contributed by atoms with E-state index >= 15 is 0 Å². The number of hydrogen-bond acceptors (Lipinski definition) is 3. The third-order valence-electron chi connectivity index (χ3n) is 2.65. The summed E-state index contributed by atoms with van der Waals surface area (Å²) in [7, 11) is 0. The summed E-state index contributed by atoms with van der Waals surface area (Å²) in [5.41, 5.74) is 2.97. The predicted octanol–water partition coefficient (Wildman–Crippen LogP) is 1.06. The highest BCUT2D eigenvalue weighted by atomic mass is 15.3. The van der Waals surface area contributed by atoms with Crippen LogP contribution in [0.25, 0.3) is 0 Å². The zero-order valence-electron chi connectivity index (χ0n) is 9.25. The summed E-state index contributed by atoms with van der Waals surface area (Å²) >= 11 is 0. The Labute approximate surface area is 89.9 Å². The van der Waals surface area contributed by atoms with Gasteiger partial charge in [-0.2, -0.15) is 10.4 Å². The van der Waals surface area contributed by atoms with Crippen molar-refractivity contribution in [2.45, 2.75) is 33.4 Å². The molecule has 0 spiro atoms. The molecule has 1 aliphatic heterocycles. The summed E-state index contributed by atoms with van der Waals surface area (Å²) in [6.07, 6.45) is 0.927. The highest BCUT2D eigenvalue weighted by Gasteiger charge is 2.20. The number of nitrogens with zero attached hydrogens (tertiary/aromatic N) is 3. The summed E-state index contributed by atoms with van der Waals surface area (Å²) in [6.45, 7) is 7.02. The molecule has 0 aromatic carbocycles. The fourth-order valence-corrected chi connectivity index (χ4v) is 2.00. The standard InChI is InChI=1S/C11H16N4/c1-8(2)7-15-11-6-13-4-3-9(11)10(5-12)14-15/h8,13H,3-4,6-7H2,1-2H3. The topological polar surface area (TPSA) is 53.6 Å². The first-order chi connectivity index (χ1) is 7.22. The molecule has 15 heavy (non-hydrogen) atoms. The van der Waals surface area contributed by atoms with Gasteiger partial charge in [0.1, 0.15) is 6.07 Å². The summed E-state index contributed by atoms with van der Waals surface area (Å²) in [5.74, 6) is 0.558. The summed E-state index contributed by atoms with van der Waals surface area (Å²) in [4.78, 5) is 0. The van der Waals surface area contributed by atoms with E-state index in [0.717, 1.165) is 31.6 Å². The van der Waals surface area contributed by atoms with Crippen molar-refractivity contribution >= 4 is 0 Å². The van der Waals surface area contributed by atoms with E-state index in [1.54, 1.807) is 0 Å². The van der Waals surface area contributed by atoms with Crippen LogP contribution in [0.1, 0.15) is 30.8 Å². The molecule has 0 fully saturated rings. The molecule has 0 saturated heterocycles. The van der Waals surface area contributed by atoms with Crippen LogP contribution in [0, 0.1) is 17.2 Å². The second-order valence-electron chi connectivity index (χ2n) is 4.39. The second-order valence-corrected chi connectivity index (χ2v) is 4.39. The van der Waals surface area contributed by atoms with Crippen molar-refractivity contribution < 1.29 is 0 Å². The third-order valence-corrected chi connectivity index (χ3v) is 2.65. The first kappa shape index (κ1) is 10.2. The Balaban J connectivity index is 2.39. The van der Waals surface area contributed by atoms with Gasteiger partial charge in [0.05, 0.1) is 5.69 Å². The van der Waals surface area contributed by atoms with E-state index in [9.17, 15) is 0 Å². The molecule has 0 atom stereocenters. The van der Waals surface area contributed by atoms with E-state index in [1.165, 1.54) is 5.69 Å². The van der Waals surface area contributed by atoms with Gasteiger partial charge < -0.3 is 5.32 Å². The molecule has 4 heteroatoms. The fourth-order valence-electron chi connectivity index (χ4n) is 2.00.